The van der Waals surface area contributed by atoms with Crippen molar-refractivity contribution in [2.45, 2.75) is 13.8 Å². The maximum absolute atomic E-state index is 9.00. The van der Waals surface area contributed by atoms with Gasteiger partial charge in [-0.25, -0.2) is 0 Å². The number of hydrogen-bond acceptors (Lipinski definition) is 2. The molecule has 0 aliphatic carbocycles. The molecule has 0 rings (SSSR count). The molecular formula is C4H11CaClO4. The Morgan fingerprint density at radius 2 is 1.00 bits per heavy atom. The first kappa shape index (κ1) is 22.4. The van der Waals surface area contributed by atoms with Crippen LogP contribution in [0.3, 0.4) is 0 Å². The maximum atomic E-state index is 9.00. The zero-order valence-electron chi connectivity index (χ0n) is 5.12. The van der Waals surface area contributed by atoms with Gasteiger partial charge in [0.05, 0.1) is 0 Å². The van der Waals surface area contributed by atoms with Crippen molar-refractivity contribution in [3.63, 3.8) is 0 Å². The van der Waals surface area contributed by atoms with E-state index in [2.05, 4.69) is 0 Å². The SMILES string of the molecule is CC(=O)O.CC(=O)O.Cl.[CaH2]. The van der Waals surface area contributed by atoms with Crippen LogP contribution in [0.25, 0.3) is 0 Å². The summed E-state index contributed by atoms with van der Waals surface area (Å²) in [7, 11) is 0. The molecule has 4 nitrogen and oxygen atoms in total. The van der Waals surface area contributed by atoms with Crippen LogP contribution in [0.5, 0.6) is 0 Å². The number of hydrogen-bond donors (Lipinski definition) is 2. The molecule has 6 heteroatoms. The minimum atomic E-state index is -0.833. The van der Waals surface area contributed by atoms with Crippen molar-refractivity contribution in [2.24, 2.45) is 0 Å². The van der Waals surface area contributed by atoms with Crippen LogP contribution in [0.4, 0.5) is 0 Å². The molecule has 0 heterocycles. The fourth-order valence-corrected chi connectivity index (χ4v) is 0. The first-order valence-corrected chi connectivity index (χ1v) is 1.86. The van der Waals surface area contributed by atoms with Gasteiger partial charge in [-0.05, 0) is 0 Å². The van der Waals surface area contributed by atoms with Crippen LogP contribution in [0, 0.1) is 0 Å². The Balaban J connectivity index is -0.0000000300. The van der Waals surface area contributed by atoms with E-state index in [1.165, 1.54) is 0 Å². The number of halogens is 1. The minimum absolute atomic E-state index is 0. The molecule has 0 fully saturated rings. The predicted molar refractivity (Wildman–Crippen MR) is 42.4 cm³/mol. The van der Waals surface area contributed by atoms with Gasteiger partial charge in [-0.3, -0.25) is 9.59 Å². The van der Waals surface area contributed by atoms with Crippen LogP contribution in [-0.4, -0.2) is 59.9 Å². The fourth-order valence-electron chi connectivity index (χ4n) is 0. The standard InChI is InChI=1S/2C2H4O2.Ca.ClH.2H/c2*1-2(3)4;;;;/h2*1H3,(H,3,4);;1H;;. The van der Waals surface area contributed by atoms with Gasteiger partial charge in [-0.1, -0.05) is 0 Å². The van der Waals surface area contributed by atoms with Gasteiger partial charge in [0.15, 0.2) is 0 Å². The Kier molecular flexibility index (Phi) is 36.4. The molecule has 0 unspecified atom stereocenters. The third-order valence-electron chi connectivity index (χ3n) is 0. The summed E-state index contributed by atoms with van der Waals surface area (Å²) in [6, 6.07) is 0. The summed E-state index contributed by atoms with van der Waals surface area (Å²) in [5.74, 6) is -1.67. The molecule has 2 N–H and O–H groups in total. The molecule has 0 radical (unpaired) electrons. The fraction of sp³-hybridized carbons (Fsp3) is 0.500. The molecule has 0 saturated heterocycles. The Bertz CT molecular complexity index is 75.3. The van der Waals surface area contributed by atoms with Crippen LogP contribution < -0.4 is 0 Å². The van der Waals surface area contributed by atoms with E-state index in [1.807, 2.05) is 0 Å². The summed E-state index contributed by atoms with van der Waals surface area (Å²) >= 11 is 0. The molecular weight excluding hydrogens is 188 g/mol. The molecule has 60 valence electrons. The quantitative estimate of drug-likeness (QED) is 0.524. The molecule has 0 aliphatic heterocycles. The van der Waals surface area contributed by atoms with Crippen molar-refractivity contribution in [1.29, 1.82) is 0 Å². The Morgan fingerprint density at radius 1 is 1.00 bits per heavy atom. The van der Waals surface area contributed by atoms with Gasteiger partial charge in [-0.15, -0.1) is 12.4 Å². The van der Waals surface area contributed by atoms with Crippen molar-refractivity contribution in [3.8, 4) is 0 Å². The van der Waals surface area contributed by atoms with Crippen molar-refractivity contribution >= 4 is 62.1 Å². The van der Waals surface area contributed by atoms with E-state index < -0.39 is 11.9 Å². The Morgan fingerprint density at radius 3 is 1.00 bits per heavy atom. The molecule has 0 aromatic carbocycles. The molecule has 0 bridgehead atoms. The van der Waals surface area contributed by atoms with E-state index in [0.717, 1.165) is 13.8 Å². The number of carbonyl (C=O) groups is 2. The van der Waals surface area contributed by atoms with Gasteiger partial charge in [0.25, 0.3) is 11.9 Å². The molecule has 0 atom stereocenters. The van der Waals surface area contributed by atoms with Crippen LogP contribution >= 0.6 is 12.4 Å². The molecule has 0 spiro atoms. The van der Waals surface area contributed by atoms with Gasteiger partial charge in [0.2, 0.25) is 0 Å². The molecule has 10 heavy (non-hydrogen) atoms. The van der Waals surface area contributed by atoms with E-state index in [-0.39, 0.29) is 50.1 Å². The van der Waals surface area contributed by atoms with Crippen molar-refractivity contribution in [2.75, 3.05) is 0 Å². The summed E-state index contributed by atoms with van der Waals surface area (Å²) < 4.78 is 0. The first-order chi connectivity index (χ1) is 3.46. The second-order valence-corrected chi connectivity index (χ2v) is 1.04. The van der Waals surface area contributed by atoms with E-state index in [0.29, 0.717) is 0 Å². The summed E-state index contributed by atoms with van der Waals surface area (Å²) in [4.78, 5) is 18.0. The van der Waals surface area contributed by atoms with Crippen molar-refractivity contribution < 1.29 is 19.8 Å². The average molecular weight is 199 g/mol. The van der Waals surface area contributed by atoms with Gasteiger partial charge >= 0.3 is 37.7 Å². The molecule has 0 aromatic rings. The number of aliphatic carboxylic acids is 2. The topological polar surface area (TPSA) is 74.6 Å². The average Bonchev–Trinajstić information content (AvgIpc) is 1.25. The summed E-state index contributed by atoms with van der Waals surface area (Å²) in [5, 5.41) is 14.8. The van der Waals surface area contributed by atoms with E-state index in [4.69, 9.17) is 19.8 Å². The van der Waals surface area contributed by atoms with Gasteiger partial charge in [0.1, 0.15) is 0 Å². The zero-order valence-corrected chi connectivity index (χ0v) is 5.94. The number of carboxylic acid groups (broad SMARTS) is 2. The molecule has 0 aromatic heterocycles. The predicted octanol–water partition coefficient (Wildman–Crippen LogP) is -0.313. The van der Waals surface area contributed by atoms with Crippen LogP contribution in [0.1, 0.15) is 13.8 Å². The summed E-state index contributed by atoms with van der Waals surface area (Å²) in [5.41, 5.74) is 0. The zero-order chi connectivity index (χ0) is 7.15. The van der Waals surface area contributed by atoms with Crippen molar-refractivity contribution in [3.05, 3.63) is 0 Å². The van der Waals surface area contributed by atoms with Crippen molar-refractivity contribution in [1.82, 2.24) is 0 Å². The van der Waals surface area contributed by atoms with E-state index >= 15 is 0 Å². The van der Waals surface area contributed by atoms with Gasteiger partial charge < -0.3 is 10.2 Å². The van der Waals surface area contributed by atoms with Crippen LogP contribution in [-0.2, 0) is 9.59 Å². The number of carboxylic acids is 2. The third-order valence-corrected chi connectivity index (χ3v) is 0. The van der Waals surface area contributed by atoms with Gasteiger partial charge in [-0.2, -0.15) is 0 Å². The molecule has 0 aliphatic rings. The van der Waals surface area contributed by atoms with Gasteiger partial charge in [0, 0.05) is 13.8 Å². The van der Waals surface area contributed by atoms with Crippen LogP contribution in [0.2, 0.25) is 0 Å². The summed E-state index contributed by atoms with van der Waals surface area (Å²) in [6.45, 7) is 2.17. The second-order valence-electron chi connectivity index (χ2n) is 1.04. The normalized spacial score (nSPS) is 5.00. The van der Waals surface area contributed by atoms with E-state index in [9.17, 15) is 0 Å². The Hall–Kier alpha value is 0.490. The first-order valence-electron chi connectivity index (χ1n) is 1.86. The van der Waals surface area contributed by atoms with Crippen LogP contribution in [0.15, 0.2) is 0 Å². The summed E-state index contributed by atoms with van der Waals surface area (Å²) in [6.07, 6.45) is 0. The molecule has 0 amide bonds. The van der Waals surface area contributed by atoms with E-state index in [1.54, 1.807) is 0 Å². The molecule has 0 saturated carbocycles. The second kappa shape index (κ2) is 16.2. The Labute approximate surface area is 95.0 Å². The third kappa shape index (κ3) is 1990. The monoisotopic (exact) mass is 198 g/mol. The number of rotatable bonds is 0.